The van der Waals surface area contributed by atoms with Crippen molar-refractivity contribution in [1.82, 2.24) is 0 Å². The normalized spacial score (nSPS) is 14.2. The van der Waals surface area contributed by atoms with Crippen LogP contribution in [0.3, 0.4) is 0 Å². The molecule has 0 saturated heterocycles. The summed E-state index contributed by atoms with van der Waals surface area (Å²) in [5.74, 6) is -4.73. The highest BCUT2D eigenvalue weighted by Gasteiger charge is 2.45. The highest BCUT2D eigenvalue weighted by atomic mass is 31.2. The molecule has 0 radical (unpaired) electrons. The number of hydrogen-bond acceptors (Lipinski definition) is 8. The van der Waals surface area contributed by atoms with Gasteiger partial charge >= 0.3 is 19.5 Å². The van der Waals surface area contributed by atoms with Gasteiger partial charge in [0.05, 0.1) is 12.5 Å². The van der Waals surface area contributed by atoms with Gasteiger partial charge in [-0.05, 0) is 23.1 Å². The fourth-order valence-electron chi connectivity index (χ4n) is 3.54. The summed E-state index contributed by atoms with van der Waals surface area (Å²) in [5, 5.41) is 9.15. The fraction of sp³-hybridized carbons (Fsp3) is 0.259. The van der Waals surface area contributed by atoms with Crippen molar-refractivity contribution in [2.75, 3.05) is 0 Å². The molecular formula is C27H29O9P. The molecule has 3 rings (SSSR count). The van der Waals surface area contributed by atoms with E-state index in [1.165, 1.54) is 0 Å². The molecule has 0 aliphatic heterocycles. The summed E-state index contributed by atoms with van der Waals surface area (Å²) in [7, 11) is -4.87. The third-order valence-electron chi connectivity index (χ3n) is 5.48. The van der Waals surface area contributed by atoms with E-state index in [0.29, 0.717) is 11.1 Å². The quantitative estimate of drug-likeness (QED) is 0.127. The summed E-state index contributed by atoms with van der Waals surface area (Å²) in [6.45, 7) is -0.217. The minimum Gasteiger partial charge on any atom is -0.461 e. The van der Waals surface area contributed by atoms with Crippen molar-refractivity contribution >= 4 is 19.5 Å². The van der Waals surface area contributed by atoms with Crippen LogP contribution in [0, 0.1) is 5.92 Å². The summed E-state index contributed by atoms with van der Waals surface area (Å²) >= 11 is 0. The maximum Gasteiger partial charge on any atom is 0.384 e. The minimum atomic E-state index is -4.87. The van der Waals surface area contributed by atoms with E-state index in [9.17, 15) is 19.0 Å². The van der Waals surface area contributed by atoms with Crippen LogP contribution in [0.4, 0.5) is 0 Å². The number of hydrogen-bond donors (Lipinski definition) is 2. The number of rotatable bonds is 14. The molecule has 37 heavy (non-hydrogen) atoms. The first-order valence-corrected chi connectivity index (χ1v) is 13.2. The topological polar surface area (TPSA) is 129 Å². The zero-order valence-corrected chi connectivity index (χ0v) is 20.9. The van der Waals surface area contributed by atoms with Gasteiger partial charge in [0, 0.05) is 6.42 Å². The summed E-state index contributed by atoms with van der Waals surface area (Å²) in [5.41, 5.74) is 2.14. The van der Waals surface area contributed by atoms with Gasteiger partial charge in [-0.25, -0.2) is 5.26 Å². The lowest BCUT2D eigenvalue weighted by Gasteiger charge is -2.27. The molecule has 0 heterocycles. The molecule has 0 saturated carbocycles. The van der Waals surface area contributed by atoms with Crippen LogP contribution in [0.15, 0.2) is 91.0 Å². The highest BCUT2D eigenvalue weighted by Crippen LogP contribution is 2.51. The molecule has 0 spiro atoms. The number of ether oxygens (including phenoxy) is 3. The van der Waals surface area contributed by atoms with E-state index in [0.717, 1.165) is 5.56 Å². The van der Waals surface area contributed by atoms with Crippen molar-refractivity contribution in [3.8, 4) is 0 Å². The van der Waals surface area contributed by atoms with Gasteiger partial charge in [0.2, 0.25) is 0 Å². The standard InChI is InChI=1S/C27H29O9P/c28-25(33-18-21-10-4-1-5-11-21)17-16-24(26(29)34-19-22-12-6-2-7-13-22)27(37(31,32)36-30)35-20-23-14-8-3-9-15-23/h1-15,24,27,30H,16-20H2,(H,31,32). The third-order valence-corrected chi connectivity index (χ3v) is 6.86. The van der Waals surface area contributed by atoms with E-state index < -0.39 is 31.3 Å². The predicted octanol–water partition coefficient (Wildman–Crippen LogP) is 5.09. The summed E-state index contributed by atoms with van der Waals surface area (Å²) < 4.78 is 32.8. The van der Waals surface area contributed by atoms with E-state index in [1.807, 2.05) is 24.3 Å². The van der Waals surface area contributed by atoms with Gasteiger partial charge in [0.1, 0.15) is 13.2 Å². The Labute approximate surface area is 215 Å². The molecule has 0 aliphatic rings. The SMILES string of the molecule is O=C(CCC(C(=O)OCc1ccccc1)C(OCc1ccccc1)P(=O)(O)OO)OCc1ccccc1. The van der Waals surface area contributed by atoms with Gasteiger partial charge in [-0.15, -0.1) is 4.67 Å². The Balaban J connectivity index is 1.73. The molecule has 10 heteroatoms. The number of carbonyl (C=O) groups is 2. The van der Waals surface area contributed by atoms with Crippen LogP contribution in [0.1, 0.15) is 29.5 Å². The molecular weight excluding hydrogens is 499 g/mol. The first-order valence-electron chi connectivity index (χ1n) is 11.6. The van der Waals surface area contributed by atoms with Crippen LogP contribution >= 0.6 is 7.60 Å². The van der Waals surface area contributed by atoms with Crippen molar-refractivity contribution in [2.24, 2.45) is 5.92 Å². The molecule has 3 aromatic carbocycles. The average Bonchev–Trinajstić information content (AvgIpc) is 2.93. The monoisotopic (exact) mass is 528 g/mol. The van der Waals surface area contributed by atoms with Crippen LogP contribution in [0.25, 0.3) is 0 Å². The second-order valence-corrected chi connectivity index (χ2v) is 10.0. The fourth-order valence-corrected chi connectivity index (χ4v) is 4.62. The molecule has 3 aromatic rings. The Morgan fingerprint density at radius 1 is 0.730 bits per heavy atom. The molecule has 2 N–H and O–H groups in total. The Morgan fingerprint density at radius 2 is 1.19 bits per heavy atom. The van der Waals surface area contributed by atoms with E-state index in [1.54, 1.807) is 66.7 Å². The van der Waals surface area contributed by atoms with Crippen molar-refractivity contribution in [2.45, 2.75) is 38.5 Å². The Morgan fingerprint density at radius 3 is 1.68 bits per heavy atom. The van der Waals surface area contributed by atoms with Crippen molar-refractivity contribution in [3.05, 3.63) is 108 Å². The smallest absolute Gasteiger partial charge is 0.384 e. The largest absolute Gasteiger partial charge is 0.461 e. The average molecular weight is 528 g/mol. The zero-order chi connectivity index (χ0) is 26.5. The van der Waals surface area contributed by atoms with Crippen molar-refractivity contribution in [1.29, 1.82) is 0 Å². The van der Waals surface area contributed by atoms with Crippen LogP contribution < -0.4 is 0 Å². The van der Waals surface area contributed by atoms with Crippen molar-refractivity contribution < 1.29 is 43.2 Å². The maximum absolute atomic E-state index is 13.1. The van der Waals surface area contributed by atoms with Gasteiger partial charge in [0.25, 0.3) is 0 Å². The van der Waals surface area contributed by atoms with Gasteiger partial charge in [0.15, 0.2) is 5.85 Å². The molecule has 9 nitrogen and oxygen atoms in total. The lowest BCUT2D eigenvalue weighted by Crippen LogP contribution is -2.33. The second-order valence-electron chi connectivity index (χ2n) is 8.22. The molecule has 196 valence electrons. The Hall–Kier alpha value is -3.33. The van der Waals surface area contributed by atoms with Crippen LogP contribution in [0.2, 0.25) is 0 Å². The van der Waals surface area contributed by atoms with Crippen LogP contribution in [-0.2, 0) is 52.9 Å². The van der Waals surface area contributed by atoms with Crippen molar-refractivity contribution in [3.63, 3.8) is 0 Å². The summed E-state index contributed by atoms with van der Waals surface area (Å²) in [6.07, 6.45) is -0.511. The lowest BCUT2D eigenvalue weighted by molar-refractivity contribution is -0.166. The molecule has 3 unspecified atom stereocenters. The van der Waals surface area contributed by atoms with Gasteiger partial charge in [-0.3, -0.25) is 14.2 Å². The molecule has 3 atom stereocenters. The highest BCUT2D eigenvalue weighted by molar-refractivity contribution is 7.53. The van der Waals surface area contributed by atoms with Gasteiger partial charge in [-0.2, -0.15) is 0 Å². The molecule has 0 aliphatic carbocycles. The lowest BCUT2D eigenvalue weighted by atomic mass is 10.0. The minimum absolute atomic E-state index is 0.0367. The third kappa shape index (κ3) is 9.24. The van der Waals surface area contributed by atoms with Gasteiger partial charge in [-0.1, -0.05) is 91.0 Å². The molecule has 0 aromatic heterocycles. The summed E-state index contributed by atoms with van der Waals surface area (Å²) in [4.78, 5) is 35.8. The van der Waals surface area contributed by atoms with Crippen LogP contribution in [0.5, 0.6) is 0 Å². The van der Waals surface area contributed by atoms with Crippen LogP contribution in [-0.4, -0.2) is 27.9 Å². The van der Waals surface area contributed by atoms with E-state index in [4.69, 9.17) is 19.5 Å². The number of carbonyl (C=O) groups excluding carboxylic acids is 2. The molecule has 0 fully saturated rings. The Kier molecular flexibility index (Phi) is 11.0. The van der Waals surface area contributed by atoms with E-state index >= 15 is 0 Å². The van der Waals surface area contributed by atoms with Gasteiger partial charge < -0.3 is 19.1 Å². The zero-order valence-electron chi connectivity index (χ0n) is 20.0. The van der Waals surface area contributed by atoms with E-state index in [-0.39, 0.29) is 32.7 Å². The predicted molar refractivity (Wildman–Crippen MR) is 134 cm³/mol. The maximum atomic E-state index is 13.1. The molecule has 0 bridgehead atoms. The van der Waals surface area contributed by atoms with E-state index in [2.05, 4.69) is 4.67 Å². The first-order chi connectivity index (χ1) is 17.9. The number of esters is 2. The number of benzene rings is 3. The first kappa shape index (κ1) is 28.2. The summed E-state index contributed by atoms with van der Waals surface area (Å²) in [6, 6.07) is 26.7. The Bertz CT molecular complexity index is 1160. The molecule has 0 amide bonds. The second kappa shape index (κ2) is 14.4.